The Morgan fingerprint density at radius 2 is 1.96 bits per heavy atom. The molecule has 0 unspecified atom stereocenters. The lowest BCUT2D eigenvalue weighted by molar-refractivity contribution is -0.119. The van der Waals surface area contributed by atoms with E-state index >= 15 is 4.39 Å². The van der Waals surface area contributed by atoms with Crippen LogP contribution in [-0.4, -0.2) is 47.0 Å². The summed E-state index contributed by atoms with van der Waals surface area (Å²) in [6.07, 6.45) is -0.667. The van der Waals surface area contributed by atoms with Crippen molar-refractivity contribution in [1.29, 1.82) is 0 Å². The molecule has 1 atom stereocenters. The molecule has 10 heteroatoms. The normalized spacial score (nSPS) is 29.8. The molecule has 0 saturated carbocycles. The zero-order valence-corrected chi connectivity index (χ0v) is 16.5. The number of halogens is 3. The van der Waals surface area contributed by atoms with E-state index in [2.05, 4.69) is 14.8 Å². The molecule has 28 heavy (non-hydrogen) atoms. The third kappa shape index (κ3) is 4.16. The molecule has 0 aromatic heterocycles. The maximum Gasteiger partial charge on any atom is 0.217 e. The maximum absolute atomic E-state index is 15.3. The van der Waals surface area contributed by atoms with Crippen molar-refractivity contribution in [1.82, 2.24) is 5.32 Å². The molecule has 2 heterocycles. The Labute approximate surface area is 161 Å². The van der Waals surface area contributed by atoms with Gasteiger partial charge in [-0.05, 0) is 25.0 Å². The molecule has 1 aromatic carbocycles. The van der Waals surface area contributed by atoms with Gasteiger partial charge in [0.15, 0.2) is 0 Å². The Bertz CT molecular complexity index is 904. The summed E-state index contributed by atoms with van der Waals surface area (Å²) in [5.74, 6) is -2.31. The van der Waals surface area contributed by atoms with Crippen LogP contribution in [0.15, 0.2) is 21.7 Å². The molecule has 1 saturated heterocycles. The summed E-state index contributed by atoms with van der Waals surface area (Å²) >= 11 is 0. The van der Waals surface area contributed by atoms with Gasteiger partial charge in [0.25, 0.3) is 0 Å². The molecule has 1 N–H and O–H groups in total. The summed E-state index contributed by atoms with van der Waals surface area (Å²) in [7, 11) is -1.09. The second-order valence-electron chi connectivity index (χ2n) is 7.05. The van der Waals surface area contributed by atoms with E-state index < -0.39 is 38.7 Å². The molecular formula is C18H22F3N3O3S. The van der Waals surface area contributed by atoms with E-state index in [1.807, 2.05) is 0 Å². The standard InChI is InChI=1S/C18H22F3N3O3S/c1-11(25)23-10-13-9-16(24-27-13)12-7-14(19)17(15(20)8-12)18(21)3-5-28(26,22-2)6-4-18/h7-8,13H,3-6,9-10H2,1-2H3,(H,23,25)/t13-,18?,28?/m1/s1. The van der Waals surface area contributed by atoms with Crippen LogP contribution in [0.25, 0.3) is 0 Å². The average molecular weight is 417 g/mol. The van der Waals surface area contributed by atoms with Gasteiger partial charge < -0.3 is 10.2 Å². The van der Waals surface area contributed by atoms with Crippen molar-refractivity contribution >= 4 is 21.3 Å². The number of alkyl halides is 1. The van der Waals surface area contributed by atoms with E-state index in [9.17, 15) is 17.8 Å². The summed E-state index contributed by atoms with van der Waals surface area (Å²) in [5.41, 5.74) is -2.37. The predicted molar refractivity (Wildman–Crippen MR) is 99.3 cm³/mol. The highest BCUT2D eigenvalue weighted by atomic mass is 32.2. The van der Waals surface area contributed by atoms with Crippen LogP contribution in [0.5, 0.6) is 0 Å². The van der Waals surface area contributed by atoms with Crippen molar-refractivity contribution in [3.63, 3.8) is 0 Å². The molecule has 0 spiro atoms. The van der Waals surface area contributed by atoms with Crippen molar-refractivity contribution in [3.8, 4) is 0 Å². The number of hydrogen-bond donors (Lipinski definition) is 1. The predicted octanol–water partition coefficient (Wildman–Crippen LogP) is 2.65. The number of carbonyl (C=O) groups excluding carboxylic acids is 1. The van der Waals surface area contributed by atoms with Gasteiger partial charge in [-0.2, -0.15) is 0 Å². The highest BCUT2D eigenvalue weighted by molar-refractivity contribution is 7.93. The van der Waals surface area contributed by atoms with Crippen molar-refractivity contribution in [2.45, 2.75) is 38.0 Å². The first kappa shape index (κ1) is 20.6. The van der Waals surface area contributed by atoms with Gasteiger partial charge in [-0.3, -0.25) is 4.79 Å². The lowest BCUT2D eigenvalue weighted by atomic mass is 9.87. The zero-order valence-electron chi connectivity index (χ0n) is 15.6. The Kier molecular flexibility index (Phi) is 5.69. The number of nitrogens with one attached hydrogen (secondary N) is 1. The van der Waals surface area contributed by atoms with Crippen LogP contribution in [0.3, 0.4) is 0 Å². The van der Waals surface area contributed by atoms with Crippen LogP contribution < -0.4 is 5.32 Å². The van der Waals surface area contributed by atoms with Crippen LogP contribution in [-0.2, 0) is 25.0 Å². The number of benzene rings is 1. The SMILES string of the molecule is CN=S1(=O)CCC(F)(c2c(F)cc(C3=NO[C@@H](CNC(C)=O)C3)cc2F)CC1. The number of rotatable bonds is 4. The fourth-order valence-electron chi connectivity index (χ4n) is 3.44. The molecule has 2 aliphatic rings. The van der Waals surface area contributed by atoms with Crippen molar-refractivity contribution < 1.29 is 27.0 Å². The van der Waals surface area contributed by atoms with Crippen LogP contribution in [0.4, 0.5) is 13.2 Å². The van der Waals surface area contributed by atoms with Crippen molar-refractivity contribution in [3.05, 3.63) is 34.9 Å². The summed E-state index contributed by atoms with van der Waals surface area (Å²) < 4.78 is 60.7. The molecule has 6 nitrogen and oxygen atoms in total. The Morgan fingerprint density at radius 1 is 1.36 bits per heavy atom. The van der Waals surface area contributed by atoms with E-state index in [-0.39, 0.29) is 48.8 Å². The minimum Gasteiger partial charge on any atom is -0.390 e. The first-order valence-electron chi connectivity index (χ1n) is 8.92. The van der Waals surface area contributed by atoms with E-state index in [0.29, 0.717) is 5.71 Å². The maximum atomic E-state index is 15.3. The second-order valence-corrected chi connectivity index (χ2v) is 9.78. The third-order valence-corrected chi connectivity index (χ3v) is 7.45. The van der Waals surface area contributed by atoms with Crippen LogP contribution in [0, 0.1) is 11.6 Å². The largest absolute Gasteiger partial charge is 0.390 e. The van der Waals surface area contributed by atoms with Crippen molar-refractivity contribution in [2.24, 2.45) is 9.52 Å². The lowest BCUT2D eigenvalue weighted by Crippen LogP contribution is -2.35. The number of amides is 1. The first-order chi connectivity index (χ1) is 13.2. The Hall–Kier alpha value is -2.10. The molecule has 154 valence electrons. The van der Waals surface area contributed by atoms with Gasteiger partial charge in [0.1, 0.15) is 23.4 Å². The molecule has 1 fully saturated rings. The summed E-state index contributed by atoms with van der Waals surface area (Å²) in [6.45, 7) is 1.59. The van der Waals surface area contributed by atoms with Crippen LogP contribution in [0.1, 0.15) is 37.3 Å². The number of hydrogen-bond acceptors (Lipinski definition) is 5. The van der Waals surface area contributed by atoms with Gasteiger partial charge in [0.05, 0.1) is 17.8 Å². The quantitative estimate of drug-likeness (QED) is 0.818. The molecule has 2 aliphatic heterocycles. The molecule has 0 radical (unpaired) electrons. The summed E-state index contributed by atoms with van der Waals surface area (Å²) in [6, 6.07) is 2.08. The van der Waals surface area contributed by atoms with Gasteiger partial charge in [0, 0.05) is 47.2 Å². The molecule has 0 aliphatic carbocycles. The van der Waals surface area contributed by atoms with E-state index in [4.69, 9.17) is 4.84 Å². The monoisotopic (exact) mass is 417 g/mol. The summed E-state index contributed by atoms with van der Waals surface area (Å²) in [4.78, 5) is 16.1. The van der Waals surface area contributed by atoms with Gasteiger partial charge in [0.2, 0.25) is 5.91 Å². The van der Waals surface area contributed by atoms with Gasteiger partial charge in [-0.15, -0.1) is 0 Å². The second kappa shape index (κ2) is 7.73. The van der Waals surface area contributed by atoms with E-state index in [0.717, 1.165) is 12.1 Å². The van der Waals surface area contributed by atoms with Gasteiger partial charge in [-0.1, -0.05) is 5.16 Å². The molecule has 3 rings (SSSR count). The topological polar surface area (TPSA) is 80.1 Å². The van der Waals surface area contributed by atoms with Gasteiger partial charge >= 0.3 is 0 Å². The lowest BCUT2D eigenvalue weighted by Gasteiger charge is -2.32. The molecular weight excluding hydrogens is 395 g/mol. The smallest absolute Gasteiger partial charge is 0.217 e. The van der Waals surface area contributed by atoms with Crippen LogP contribution >= 0.6 is 0 Å². The minimum absolute atomic E-state index is 0.0357. The Morgan fingerprint density at radius 3 is 2.50 bits per heavy atom. The van der Waals surface area contributed by atoms with Crippen molar-refractivity contribution in [2.75, 3.05) is 25.1 Å². The molecule has 0 bridgehead atoms. The highest BCUT2D eigenvalue weighted by Crippen LogP contribution is 2.41. The average Bonchev–Trinajstić information content (AvgIpc) is 3.11. The number of carbonyl (C=O) groups is 1. The molecule has 1 amide bonds. The minimum atomic E-state index is -2.50. The number of nitrogens with zero attached hydrogens (tertiary/aromatic N) is 2. The molecule has 1 aromatic rings. The van der Waals surface area contributed by atoms with Gasteiger partial charge in [-0.25, -0.2) is 21.7 Å². The third-order valence-electron chi connectivity index (χ3n) is 5.10. The van der Waals surface area contributed by atoms with Crippen LogP contribution in [0.2, 0.25) is 0 Å². The Balaban J connectivity index is 1.79. The van der Waals surface area contributed by atoms with E-state index in [1.54, 1.807) is 0 Å². The summed E-state index contributed by atoms with van der Waals surface area (Å²) in [5, 5.41) is 6.41. The fourth-order valence-corrected chi connectivity index (χ4v) is 5.29. The zero-order chi connectivity index (χ0) is 20.5. The first-order valence-corrected chi connectivity index (χ1v) is 10.8. The fraction of sp³-hybridized carbons (Fsp3) is 0.556. The highest BCUT2D eigenvalue weighted by Gasteiger charge is 2.42. The van der Waals surface area contributed by atoms with E-state index in [1.165, 1.54) is 14.0 Å². The number of oxime groups is 1.